The van der Waals surface area contributed by atoms with Crippen LogP contribution >= 0.6 is 0 Å². The van der Waals surface area contributed by atoms with Crippen LogP contribution in [0.3, 0.4) is 0 Å². The Morgan fingerprint density at radius 3 is 2.72 bits per heavy atom. The van der Waals surface area contributed by atoms with Crippen LogP contribution < -0.4 is 5.76 Å². The highest BCUT2D eigenvalue weighted by Gasteiger charge is 2.44. The van der Waals surface area contributed by atoms with Gasteiger partial charge in [0.2, 0.25) is 0 Å². The van der Waals surface area contributed by atoms with Crippen molar-refractivity contribution in [3.05, 3.63) is 34.3 Å². The number of rotatable bonds is 2. The van der Waals surface area contributed by atoms with E-state index in [4.69, 9.17) is 4.42 Å². The highest BCUT2D eigenvalue weighted by molar-refractivity contribution is 5.89. The van der Waals surface area contributed by atoms with Crippen LogP contribution in [0.5, 0.6) is 0 Å². The molecule has 1 aliphatic carbocycles. The summed E-state index contributed by atoms with van der Waals surface area (Å²) in [5, 5.41) is 9.56. The maximum Gasteiger partial charge on any atom is 0.417 e. The first kappa shape index (κ1) is 11.1. The molecule has 94 valence electrons. The zero-order chi connectivity index (χ0) is 12.8. The van der Waals surface area contributed by atoms with E-state index in [0.29, 0.717) is 29.5 Å². The molecular formula is C13H13NO4. The predicted octanol–water partition coefficient (Wildman–Crippen LogP) is 2.02. The quantitative estimate of drug-likeness (QED) is 0.850. The van der Waals surface area contributed by atoms with Crippen molar-refractivity contribution in [3.63, 3.8) is 0 Å². The Kier molecular flexibility index (Phi) is 2.29. The predicted molar refractivity (Wildman–Crippen MR) is 64.6 cm³/mol. The number of H-pyrrole nitrogens is 1. The summed E-state index contributed by atoms with van der Waals surface area (Å²) in [5.74, 6) is -1.37. The fraction of sp³-hybridized carbons (Fsp3) is 0.385. The van der Waals surface area contributed by atoms with E-state index in [-0.39, 0.29) is 0 Å². The maximum atomic E-state index is 11.7. The van der Waals surface area contributed by atoms with E-state index in [9.17, 15) is 14.7 Å². The van der Waals surface area contributed by atoms with Crippen LogP contribution in [-0.2, 0) is 10.2 Å². The SMILES string of the molecule is O=C(O)C1(c2cccc3oc(=O)[nH]c23)CCCC1. The third kappa shape index (κ3) is 1.40. The Balaban J connectivity index is 2.30. The summed E-state index contributed by atoms with van der Waals surface area (Å²) in [7, 11) is 0. The minimum Gasteiger partial charge on any atom is -0.481 e. The van der Waals surface area contributed by atoms with E-state index in [1.165, 1.54) is 0 Å². The van der Waals surface area contributed by atoms with Gasteiger partial charge in [0.1, 0.15) is 0 Å². The minimum atomic E-state index is -0.883. The van der Waals surface area contributed by atoms with Gasteiger partial charge < -0.3 is 9.52 Å². The molecule has 0 saturated heterocycles. The Labute approximate surface area is 102 Å². The normalized spacial score (nSPS) is 18.2. The second-order valence-corrected chi connectivity index (χ2v) is 4.79. The van der Waals surface area contributed by atoms with Crippen LogP contribution in [0.1, 0.15) is 31.2 Å². The van der Waals surface area contributed by atoms with Gasteiger partial charge in [-0.2, -0.15) is 0 Å². The van der Waals surface area contributed by atoms with Gasteiger partial charge in [-0.15, -0.1) is 0 Å². The highest BCUT2D eigenvalue weighted by atomic mass is 16.4. The average Bonchev–Trinajstić information content (AvgIpc) is 2.93. The summed E-state index contributed by atoms with van der Waals surface area (Å²) < 4.78 is 4.99. The number of aliphatic carboxylic acids is 1. The third-order valence-corrected chi connectivity index (χ3v) is 3.84. The van der Waals surface area contributed by atoms with E-state index in [2.05, 4.69) is 4.98 Å². The summed E-state index contributed by atoms with van der Waals surface area (Å²) in [5.41, 5.74) is 0.722. The van der Waals surface area contributed by atoms with Crippen molar-refractivity contribution >= 4 is 17.1 Å². The molecule has 1 aliphatic rings. The van der Waals surface area contributed by atoms with Gasteiger partial charge in [0, 0.05) is 0 Å². The summed E-state index contributed by atoms with van der Waals surface area (Å²) >= 11 is 0. The Morgan fingerprint density at radius 1 is 1.33 bits per heavy atom. The zero-order valence-electron chi connectivity index (χ0n) is 9.73. The van der Waals surface area contributed by atoms with Gasteiger partial charge in [-0.25, -0.2) is 4.79 Å². The van der Waals surface area contributed by atoms with Gasteiger partial charge in [0.25, 0.3) is 0 Å². The molecule has 3 rings (SSSR count). The number of oxazole rings is 1. The number of hydrogen-bond acceptors (Lipinski definition) is 3. The van der Waals surface area contributed by atoms with Gasteiger partial charge in [-0.1, -0.05) is 25.0 Å². The third-order valence-electron chi connectivity index (χ3n) is 3.84. The highest BCUT2D eigenvalue weighted by Crippen LogP contribution is 2.43. The molecule has 0 atom stereocenters. The van der Waals surface area contributed by atoms with Crippen LogP contribution in [0.15, 0.2) is 27.4 Å². The number of aromatic nitrogens is 1. The lowest BCUT2D eigenvalue weighted by molar-refractivity contribution is -0.143. The van der Waals surface area contributed by atoms with Crippen molar-refractivity contribution in [2.24, 2.45) is 0 Å². The van der Waals surface area contributed by atoms with Crippen LogP contribution in [0.4, 0.5) is 0 Å². The second-order valence-electron chi connectivity index (χ2n) is 4.79. The molecule has 0 spiro atoms. The molecule has 0 bridgehead atoms. The number of nitrogens with one attached hydrogen (secondary N) is 1. The number of fused-ring (bicyclic) bond motifs is 1. The van der Waals surface area contributed by atoms with Gasteiger partial charge in [0.15, 0.2) is 5.58 Å². The summed E-state index contributed by atoms with van der Waals surface area (Å²) in [6.45, 7) is 0. The first-order valence-electron chi connectivity index (χ1n) is 5.99. The van der Waals surface area contributed by atoms with Crippen LogP contribution in [0.2, 0.25) is 0 Å². The first-order chi connectivity index (χ1) is 8.63. The molecule has 1 fully saturated rings. The van der Waals surface area contributed by atoms with E-state index < -0.39 is 17.1 Å². The average molecular weight is 247 g/mol. The van der Waals surface area contributed by atoms with Gasteiger partial charge in [-0.05, 0) is 24.5 Å². The number of carboxylic acids is 1. The summed E-state index contributed by atoms with van der Waals surface area (Å²) in [6.07, 6.45) is 3.00. The standard InChI is InChI=1S/C13H13NO4/c15-11(16)13(6-1-2-7-13)8-4-3-5-9-10(8)14-12(17)18-9/h3-5H,1-2,6-7H2,(H,14,17)(H,15,16). The summed E-state index contributed by atoms with van der Waals surface area (Å²) in [6, 6.07) is 5.17. The second kappa shape index (κ2) is 3.73. The molecule has 0 aliphatic heterocycles. The van der Waals surface area contributed by atoms with Gasteiger partial charge in [0.05, 0.1) is 10.9 Å². The molecule has 1 saturated carbocycles. The number of benzene rings is 1. The smallest absolute Gasteiger partial charge is 0.417 e. The molecule has 1 aromatic carbocycles. The number of carboxylic acid groups (broad SMARTS) is 1. The number of carbonyl (C=O) groups is 1. The topological polar surface area (TPSA) is 83.3 Å². The molecule has 0 radical (unpaired) electrons. The molecule has 1 aromatic heterocycles. The van der Waals surface area contributed by atoms with Crippen LogP contribution in [0.25, 0.3) is 11.1 Å². The van der Waals surface area contributed by atoms with E-state index in [1.807, 2.05) is 0 Å². The molecule has 1 heterocycles. The van der Waals surface area contributed by atoms with Gasteiger partial charge in [-0.3, -0.25) is 9.78 Å². The van der Waals surface area contributed by atoms with Crippen molar-refractivity contribution in [2.75, 3.05) is 0 Å². The van der Waals surface area contributed by atoms with E-state index >= 15 is 0 Å². The van der Waals surface area contributed by atoms with Crippen molar-refractivity contribution in [3.8, 4) is 0 Å². The van der Waals surface area contributed by atoms with Crippen molar-refractivity contribution < 1.29 is 14.3 Å². The fourth-order valence-electron chi connectivity index (χ4n) is 2.95. The fourth-order valence-corrected chi connectivity index (χ4v) is 2.95. The van der Waals surface area contributed by atoms with Crippen molar-refractivity contribution in [1.29, 1.82) is 0 Å². The minimum absolute atomic E-state index is 0.421. The number of aromatic amines is 1. The van der Waals surface area contributed by atoms with Crippen molar-refractivity contribution in [2.45, 2.75) is 31.1 Å². The monoisotopic (exact) mass is 247 g/mol. The molecule has 0 unspecified atom stereocenters. The maximum absolute atomic E-state index is 11.7. The Hall–Kier alpha value is -2.04. The van der Waals surface area contributed by atoms with Gasteiger partial charge >= 0.3 is 11.7 Å². The largest absolute Gasteiger partial charge is 0.481 e. The molecular weight excluding hydrogens is 234 g/mol. The van der Waals surface area contributed by atoms with Crippen molar-refractivity contribution in [1.82, 2.24) is 4.98 Å². The zero-order valence-corrected chi connectivity index (χ0v) is 9.73. The lowest BCUT2D eigenvalue weighted by Crippen LogP contribution is -2.32. The van der Waals surface area contributed by atoms with E-state index in [1.54, 1.807) is 18.2 Å². The first-order valence-corrected chi connectivity index (χ1v) is 5.99. The molecule has 0 amide bonds. The number of para-hydroxylation sites is 1. The lowest BCUT2D eigenvalue weighted by atomic mass is 9.78. The molecule has 5 nitrogen and oxygen atoms in total. The molecule has 18 heavy (non-hydrogen) atoms. The van der Waals surface area contributed by atoms with Crippen LogP contribution in [-0.4, -0.2) is 16.1 Å². The van der Waals surface area contributed by atoms with E-state index in [0.717, 1.165) is 12.8 Å². The number of hydrogen-bond donors (Lipinski definition) is 2. The summed E-state index contributed by atoms with van der Waals surface area (Å²) in [4.78, 5) is 25.5. The molecule has 2 aromatic rings. The molecule has 5 heteroatoms. The Morgan fingerprint density at radius 2 is 2.06 bits per heavy atom. The molecule has 2 N–H and O–H groups in total. The lowest BCUT2D eigenvalue weighted by Gasteiger charge is -2.24. The van der Waals surface area contributed by atoms with Crippen LogP contribution in [0, 0.1) is 0 Å². The Bertz CT molecular complexity index is 661.